The van der Waals surface area contributed by atoms with E-state index in [9.17, 15) is 14.7 Å². The SMILES string of the molecule is COc1ccc(C[C@H](NC(=O)/C=C(\Cl)c2ccc(C)cc2)C(=O)O)cc1. The normalized spacial score (nSPS) is 12.3. The Morgan fingerprint density at radius 3 is 2.31 bits per heavy atom. The van der Waals surface area contributed by atoms with Crippen LogP contribution in [0.25, 0.3) is 5.03 Å². The lowest BCUT2D eigenvalue weighted by atomic mass is 10.1. The first-order chi connectivity index (χ1) is 12.4. The van der Waals surface area contributed by atoms with Crippen molar-refractivity contribution in [3.63, 3.8) is 0 Å². The molecule has 0 bridgehead atoms. The molecule has 0 aliphatic rings. The maximum Gasteiger partial charge on any atom is 0.326 e. The quantitative estimate of drug-likeness (QED) is 0.729. The highest BCUT2D eigenvalue weighted by atomic mass is 35.5. The molecule has 0 unspecified atom stereocenters. The molecule has 2 aromatic carbocycles. The first kappa shape index (κ1) is 19.5. The van der Waals surface area contributed by atoms with Crippen molar-refractivity contribution in [3.8, 4) is 5.75 Å². The van der Waals surface area contributed by atoms with Gasteiger partial charge in [0.05, 0.1) is 12.1 Å². The lowest BCUT2D eigenvalue weighted by Gasteiger charge is -2.14. The highest BCUT2D eigenvalue weighted by Gasteiger charge is 2.20. The van der Waals surface area contributed by atoms with E-state index in [-0.39, 0.29) is 11.5 Å². The zero-order valence-corrected chi connectivity index (χ0v) is 15.3. The summed E-state index contributed by atoms with van der Waals surface area (Å²) in [6, 6.07) is 13.3. The summed E-state index contributed by atoms with van der Waals surface area (Å²) < 4.78 is 5.07. The molecular weight excluding hydrogens is 354 g/mol. The molecule has 0 fully saturated rings. The van der Waals surface area contributed by atoms with Crippen molar-refractivity contribution >= 4 is 28.5 Å². The smallest absolute Gasteiger partial charge is 0.326 e. The fraction of sp³-hybridized carbons (Fsp3) is 0.200. The van der Waals surface area contributed by atoms with Gasteiger partial charge in [-0.25, -0.2) is 4.79 Å². The van der Waals surface area contributed by atoms with Crippen LogP contribution < -0.4 is 10.1 Å². The number of aliphatic carboxylic acids is 1. The number of halogens is 1. The molecule has 0 aromatic heterocycles. The van der Waals surface area contributed by atoms with E-state index in [2.05, 4.69) is 5.32 Å². The lowest BCUT2D eigenvalue weighted by molar-refractivity contribution is -0.141. The Bertz CT molecular complexity index is 798. The van der Waals surface area contributed by atoms with E-state index in [0.29, 0.717) is 11.3 Å². The number of rotatable bonds is 7. The number of benzene rings is 2. The van der Waals surface area contributed by atoms with Crippen LogP contribution in [0.2, 0.25) is 0 Å². The Morgan fingerprint density at radius 1 is 1.15 bits per heavy atom. The Labute approximate surface area is 157 Å². The van der Waals surface area contributed by atoms with Crippen molar-refractivity contribution in [2.45, 2.75) is 19.4 Å². The van der Waals surface area contributed by atoms with Gasteiger partial charge in [-0.2, -0.15) is 0 Å². The minimum Gasteiger partial charge on any atom is -0.497 e. The lowest BCUT2D eigenvalue weighted by Crippen LogP contribution is -2.41. The zero-order chi connectivity index (χ0) is 19.1. The van der Waals surface area contributed by atoms with Crippen molar-refractivity contribution in [1.82, 2.24) is 5.32 Å². The van der Waals surface area contributed by atoms with Crippen molar-refractivity contribution < 1.29 is 19.4 Å². The number of hydrogen-bond acceptors (Lipinski definition) is 3. The summed E-state index contributed by atoms with van der Waals surface area (Å²) in [7, 11) is 1.55. The summed E-state index contributed by atoms with van der Waals surface area (Å²) >= 11 is 6.15. The van der Waals surface area contributed by atoms with Crippen LogP contribution in [-0.4, -0.2) is 30.1 Å². The van der Waals surface area contributed by atoms with Crippen molar-refractivity contribution in [3.05, 3.63) is 71.3 Å². The number of amides is 1. The van der Waals surface area contributed by atoms with Gasteiger partial charge in [0.2, 0.25) is 5.91 Å². The van der Waals surface area contributed by atoms with E-state index in [0.717, 1.165) is 11.1 Å². The third kappa shape index (κ3) is 5.63. The average molecular weight is 374 g/mol. The number of hydrogen-bond donors (Lipinski definition) is 2. The second kappa shape index (κ2) is 9.06. The number of carboxylic acids is 1. The average Bonchev–Trinajstić information content (AvgIpc) is 2.62. The largest absolute Gasteiger partial charge is 0.497 e. The van der Waals surface area contributed by atoms with Gasteiger partial charge in [-0.05, 0) is 30.2 Å². The van der Waals surface area contributed by atoms with Crippen LogP contribution in [0, 0.1) is 6.92 Å². The molecule has 0 heterocycles. The standard InChI is InChI=1S/C20H20ClNO4/c1-13-3-7-15(8-4-13)17(21)12-19(23)22-18(20(24)25)11-14-5-9-16(26-2)10-6-14/h3-10,12,18H,11H2,1-2H3,(H,22,23)(H,24,25)/b17-12-/t18-/m0/s1. The van der Waals surface area contributed by atoms with Gasteiger partial charge in [-0.1, -0.05) is 53.6 Å². The number of methoxy groups -OCH3 is 1. The third-order valence-corrected chi connectivity index (χ3v) is 4.13. The molecule has 136 valence electrons. The minimum absolute atomic E-state index is 0.154. The molecule has 0 aliphatic carbocycles. The summed E-state index contributed by atoms with van der Waals surface area (Å²) in [4.78, 5) is 23.6. The number of nitrogens with one attached hydrogen (secondary N) is 1. The maximum atomic E-state index is 12.1. The minimum atomic E-state index is -1.12. The van der Waals surface area contributed by atoms with Crippen molar-refractivity contribution in [1.29, 1.82) is 0 Å². The fourth-order valence-corrected chi connectivity index (χ4v) is 2.55. The van der Waals surface area contributed by atoms with Crippen LogP contribution in [0.3, 0.4) is 0 Å². The maximum absolute atomic E-state index is 12.1. The van der Waals surface area contributed by atoms with Crippen LogP contribution in [-0.2, 0) is 16.0 Å². The van der Waals surface area contributed by atoms with E-state index >= 15 is 0 Å². The summed E-state index contributed by atoms with van der Waals surface area (Å²) in [5, 5.41) is 12.1. The van der Waals surface area contributed by atoms with Crippen molar-refractivity contribution in [2.24, 2.45) is 0 Å². The molecule has 1 atom stereocenters. The number of carbonyl (C=O) groups excluding carboxylic acids is 1. The van der Waals surface area contributed by atoms with E-state index < -0.39 is 17.9 Å². The topological polar surface area (TPSA) is 75.6 Å². The molecule has 5 nitrogen and oxygen atoms in total. The molecule has 6 heteroatoms. The molecular formula is C20H20ClNO4. The number of aryl methyl sites for hydroxylation is 1. The summed E-state index contributed by atoms with van der Waals surface area (Å²) in [5.74, 6) is -0.997. The molecule has 0 saturated carbocycles. The summed E-state index contributed by atoms with van der Waals surface area (Å²) in [5.41, 5.74) is 2.54. The Balaban J connectivity index is 2.05. The number of carboxylic acid groups (broad SMARTS) is 1. The van der Waals surface area contributed by atoms with Crippen LogP contribution in [0.1, 0.15) is 16.7 Å². The summed E-state index contributed by atoms with van der Waals surface area (Å²) in [6.45, 7) is 1.95. The molecule has 0 spiro atoms. The van der Waals surface area contributed by atoms with E-state index in [1.54, 1.807) is 43.5 Å². The van der Waals surface area contributed by atoms with Gasteiger partial charge in [0.15, 0.2) is 0 Å². The third-order valence-electron chi connectivity index (χ3n) is 3.80. The van der Waals surface area contributed by atoms with Crippen LogP contribution in [0.15, 0.2) is 54.6 Å². The Morgan fingerprint density at radius 2 is 1.77 bits per heavy atom. The van der Waals surface area contributed by atoms with Gasteiger partial charge >= 0.3 is 5.97 Å². The van der Waals surface area contributed by atoms with E-state index in [1.165, 1.54) is 6.08 Å². The van der Waals surface area contributed by atoms with Gasteiger partial charge < -0.3 is 15.2 Å². The fourth-order valence-electron chi connectivity index (χ4n) is 2.32. The second-order valence-electron chi connectivity index (χ2n) is 5.81. The molecule has 0 radical (unpaired) electrons. The van der Waals surface area contributed by atoms with Gasteiger partial charge in [0, 0.05) is 12.5 Å². The van der Waals surface area contributed by atoms with Crippen LogP contribution in [0.5, 0.6) is 5.75 Å². The van der Waals surface area contributed by atoms with Crippen LogP contribution in [0.4, 0.5) is 0 Å². The summed E-state index contributed by atoms with van der Waals surface area (Å²) in [6.07, 6.45) is 1.34. The highest BCUT2D eigenvalue weighted by Crippen LogP contribution is 2.19. The first-order valence-corrected chi connectivity index (χ1v) is 8.37. The predicted molar refractivity (Wildman–Crippen MR) is 101 cm³/mol. The van der Waals surface area contributed by atoms with Crippen molar-refractivity contribution in [2.75, 3.05) is 7.11 Å². The highest BCUT2D eigenvalue weighted by molar-refractivity contribution is 6.50. The number of carbonyl (C=O) groups is 2. The molecule has 2 aromatic rings. The van der Waals surface area contributed by atoms with Gasteiger partial charge in [0.1, 0.15) is 11.8 Å². The molecule has 2 N–H and O–H groups in total. The van der Waals surface area contributed by atoms with E-state index in [1.807, 2.05) is 19.1 Å². The molecule has 0 saturated heterocycles. The molecule has 2 rings (SSSR count). The van der Waals surface area contributed by atoms with Gasteiger partial charge in [-0.3, -0.25) is 4.79 Å². The molecule has 26 heavy (non-hydrogen) atoms. The molecule has 1 amide bonds. The van der Waals surface area contributed by atoms with Gasteiger partial charge in [0.25, 0.3) is 0 Å². The van der Waals surface area contributed by atoms with Gasteiger partial charge in [-0.15, -0.1) is 0 Å². The predicted octanol–water partition coefficient (Wildman–Crippen LogP) is 3.40. The van der Waals surface area contributed by atoms with E-state index in [4.69, 9.17) is 16.3 Å². The second-order valence-corrected chi connectivity index (χ2v) is 6.22. The zero-order valence-electron chi connectivity index (χ0n) is 14.5. The first-order valence-electron chi connectivity index (χ1n) is 7.99. The monoisotopic (exact) mass is 373 g/mol. The Kier molecular flexibility index (Phi) is 6.81. The molecule has 0 aliphatic heterocycles. The Hall–Kier alpha value is -2.79. The van der Waals surface area contributed by atoms with Crippen LogP contribution >= 0.6 is 11.6 Å². The number of ether oxygens (including phenoxy) is 1.